The van der Waals surface area contributed by atoms with Crippen LogP contribution in [-0.4, -0.2) is 94.8 Å². The number of aromatic nitrogens is 3. The molecule has 0 N–H and O–H groups in total. The Morgan fingerprint density at radius 3 is 2.67 bits per heavy atom. The van der Waals surface area contributed by atoms with Crippen molar-refractivity contribution >= 4 is 28.4 Å². The molecule has 2 amide bonds. The Hall–Kier alpha value is -3.83. The lowest BCUT2D eigenvalue weighted by atomic mass is 9.94. The van der Waals surface area contributed by atoms with E-state index in [1.807, 2.05) is 28.0 Å². The van der Waals surface area contributed by atoms with Gasteiger partial charge in [-0.05, 0) is 69.4 Å². The average molecular weight is 615 g/mol. The van der Waals surface area contributed by atoms with Gasteiger partial charge in [-0.2, -0.15) is 0 Å². The minimum absolute atomic E-state index is 0.0110. The lowest BCUT2D eigenvalue weighted by molar-refractivity contribution is -0.127. The van der Waals surface area contributed by atoms with E-state index < -0.39 is 5.54 Å². The average Bonchev–Trinajstić information content (AvgIpc) is 3.74. The molecule has 5 heterocycles. The second-order valence-corrected chi connectivity index (χ2v) is 13.3. The minimum atomic E-state index is -0.410. The first kappa shape index (κ1) is 29.9. The van der Waals surface area contributed by atoms with Crippen LogP contribution in [0.5, 0.6) is 0 Å². The summed E-state index contributed by atoms with van der Waals surface area (Å²) in [6, 6.07) is 8.25. The molecule has 4 aliphatic rings. The van der Waals surface area contributed by atoms with Gasteiger partial charge in [0.1, 0.15) is 11.5 Å². The fourth-order valence-corrected chi connectivity index (χ4v) is 7.26. The molecule has 1 atom stereocenters. The van der Waals surface area contributed by atoms with E-state index in [-0.39, 0.29) is 23.5 Å². The van der Waals surface area contributed by atoms with Gasteiger partial charge < -0.3 is 24.2 Å². The van der Waals surface area contributed by atoms with Gasteiger partial charge in [-0.1, -0.05) is 0 Å². The number of rotatable bonds is 10. The molecule has 11 nitrogen and oxygen atoms in total. The number of aryl methyl sites for hydroxylation is 1. The molecule has 3 aromatic rings. The van der Waals surface area contributed by atoms with Crippen molar-refractivity contribution in [1.82, 2.24) is 24.3 Å². The number of benzene rings is 1. The Morgan fingerprint density at radius 2 is 1.91 bits per heavy atom. The standard InChI is InChI=1S/C34H42N6O5/c1-34(2)27-17-22(19-35-31(27)33(43)40(34)23-6-7-23)10-14-39-29(11-13-37-12-4-5-30(37)41)36-28-18-24(8-9-26(28)32(39)42)38-15-16-45-25(20-38)21-44-3/h8-9,17-19,23,25H,4-7,10-16,20-21H2,1-3H3/t25-/m1/s1. The van der Waals surface area contributed by atoms with Crippen LogP contribution in [0.4, 0.5) is 5.69 Å². The molecule has 1 aliphatic carbocycles. The molecule has 3 aliphatic heterocycles. The summed E-state index contributed by atoms with van der Waals surface area (Å²) in [6.45, 7) is 8.49. The predicted molar refractivity (Wildman–Crippen MR) is 170 cm³/mol. The number of anilines is 1. The quantitative estimate of drug-likeness (QED) is 0.343. The normalized spacial score (nSPS) is 21.3. The highest BCUT2D eigenvalue weighted by Crippen LogP contribution is 2.45. The van der Waals surface area contributed by atoms with Crippen LogP contribution in [0.25, 0.3) is 10.9 Å². The molecule has 11 heteroatoms. The molecule has 1 aromatic carbocycles. The Balaban J connectivity index is 1.18. The van der Waals surface area contributed by atoms with E-state index in [9.17, 15) is 14.4 Å². The third-order valence-corrected chi connectivity index (χ3v) is 9.81. The Labute approximate surface area is 263 Å². The van der Waals surface area contributed by atoms with Crippen LogP contribution in [0.1, 0.15) is 67.0 Å². The van der Waals surface area contributed by atoms with E-state index in [1.54, 1.807) is 17.9 Å². The van der Waals surface area contributed by atoms with Crippen LogP contribution in [0.2, 0.25) is 0 Å². The highest BCUT2D eigenvalue weighted by Gasteiger charge is 2.50. The molecule has 2 saturated heterocycles. The fraction of sp³-hybridized carbons (Fsp3) is 0.559. The number of morpholine rings is 1. The molecule has 0 spiro atoms. The van der Waals surface area contributed by atoms with E-state index in [2.05, 4.69) is 29.8 Å². The van der Waals surface area contributed by atoms with E-state index in [0.29, 0.717) is 80.6 Å². The molecule has 238 valence electrons. The number of pyridine rings is 1. The highest BCUT2D eigenvalue weighted by atomic mass is 16.5. The van der Waals surface area contributed by atoms with Gasteiger partial charge >= 0.3 is 0 Å². The summed E-state index contributed by atoms with van der Waals surface area (Å²) in [5.41, 5.74) is 3.64. The third kappa shape index (κ3) is 5.61. The van der Waals surface area contributed by atoms with E-state index in [1.165, 1.54) is 0 Å². The van der Waals surface area contributed by atoms with Crippen LogP contribution in [-0.2, 0) is 39.2 Å². The number of likely N-dealkylation sites (tertiary alicyclic amines) is 1. The number of amides is 2. The molecular formula is C34H42N6O5. The fourth-order valence-electron chi connectivity index (χ4n) is 7.26. The zero-order chi connectivity index (χ0) is 31.3. The van der Waals surface area contributed by atoms with Crippen molar-refractivity contribution in [2.24, 2.45) is 0 Å². The van der Waals surface area contributed by atoms with Gasteiger partial charge in [0.15, 0.2) is 0 Å². The maximum Gasteiger partial charge on any atom is 0.273 e. The van der Waals surface area contributed by atoms with Gasteiger partial charge in [0, 0.05) is 76.2 Å². The van der Waals surface area contributed by atoms with Crippen LogP contribution < -0.4 is 10.5 Å². The van der Waals surface area contributed by atoms with Crippen molar-refractivity contribution in [3.63, 3.8) is 0 Å². The van der Waals surface area contributed by atoms with Crippen molar-refractivity contribution in [3.8, 4) is 0 Å². The highest BCUT2D eigenvalue weighted by molar-refractivity contribution is 5.98. The SMILES string of the molecule is COC[C@H]1CN(c2ccc3c(=O)n(CCc4cnc5c(c4)C(C)(C)N(C4CC4)C5=O)c(CCN4CCCC4=O)nc3c2)CCO1. The predicted octanol–water partition coefficient (Wildman–Crippen LogP) is 2.90. The number of fused-ring (bicyclic) bond motifs is 2. The molecule has 3 fully saturated rings. The summed E-state index contributed by atoms with van der Waals surface area (Å²) < 4.78 is 12.9. The van der Waals surface area contributed by atoms with Gasteiger partial charge in [-0.25, -0.2) is 4.98 Å². The summed E-state index contributed by atoms with van der Waals surface area (Å²) in [5, 5.41) is 0.570. The first-order valence-corrected chi connectivity index (χ1v) is 16.2. The van der Waals surface area contributed by atoms with Crippen molar-refractivity contribution in [3.05, 3.63) is 63.5 Å². The van der Waals surface area contributed by atoms with E-state index >= 15 is 0 Å². The molecule has 0 radical (unpaired) electrons. The Kier molecular flexibility index (Phi) is 7.85. The lowest BCUT2D eigenvalue weighted by Crippen LogP contribution is -2.44. The molecule has 0 bridgehead atoms. The van der Waals surface area contributed by atoms with Crippen LogP contribution in [0.15, 0.2) is 35.3 Å². The summed E-state index contributed by atoms with van der Waals surface area (Å²) in [4.78, 5) is 55.3. The summed E-state index contributed by atoms with van der Waals surface area (Å²) in [6.07, 6.45) is 6.36. The largest absolute Gasteiger partial charge is 0.382 e. The summed E-state index contributed by atoms with van der Waals surface area (Å²) in [5.74, 6) is 0.850. The van der Waals surface area contributed by atoms with Gasteiger partial charge in [0.05, 0.1) is 35.8 Å². The smallest absolute Gasteiger partial charge is 0.273 e. The molecule has 45 heavy (non-hydrogen) atoms. The Morgan fingerprint density at radius 1 is 1.07 bits per heavy atom. The van der Waals surface area contributed by atoms with Crippen LogP contribution >= 0.6 is 0 Å². The summed E-state index contributed by atoms with van der Waals surface area (Å²) >= 11 is 0. The van der Waals surface area contributed by atoms with Crippen molar-refractivity contribution < 1.29 is 19.1 Å². The maximum atomic E-state index is 14.0. The Bertz CT molecular complexity index is 1700. The number of hydrogen-bond acceptors (Lipinski definition) is 8. The molecular weight excluding hydrogens is 572 g/mol. The lowest BCUT2D eigenvalue weighted by Gasteiger charge is -2.34. The van der Waals surface area contributed by atoms with Crippen molar-refractivity contribution in [2.75, 3.05) is 51.4 Å². The molecule has 2 aromatic heterocycles. The second-order valence-electron chi connectivity index (χ2n) is 13.3. The minimum Gasteiger partial charge on any atom is -0.382 e. The summed E-state index contributed by atoms with van der Waals surface area (Å²) in [7, 11) is 1.68. The topological polar surface area (TPSA) is 110 Å². The number of methoxy groups -OCH3 is 1. The number of carbonyl (C=O) groups is 2. The van der Waals surface area contributed by atoms with Gasteiger partial charge in [-0.3, -0.25) is 23.9 Å². The second kappa shape index (κ2) is 11.8. The zero-order valence-corrected chi connectivity index (χ0v) is 26.5. The number of carbonyl (C=O) groups excluding carboxylic acids is 2. The maximum absolute atomic E-state index is 14.0. The molecule has 0 unspecified atom stereocenters. The molecule has 1 saturated carbocycles. The number of nitrogens with zero attached hydrogens (tertiary/aromatic N) is 6. The van der Waals surface area contributed by atoms with E-state index in [4.69, 9.17) is 14.5 Å². The van der Waals surface area contributed by atoms with Gasteiger partial charge in [0.25, 0.3) is 11.5 Å². The number of hydrogen-bond donors (Lipinski definition) is 0. The van der Waals surface area contributed by atoms with Crippen LogP contribution in [0, 0.1) is 0 Å². The zero-order valence-electron chi connectivity index (χ0n) is 26.5. The monoisotopic (exact) mass is 614 g/mol. The first-order valence-electron chi connectivity index (χ1n) is 16.2. The van der Waals surface area contributed by atoms with Crippen molar-refractivity contribution in [1.29, 1.82) is 0 Å². The van der Waals surface area contributed by atoms with E-state index in [0.717, 1.165) is 49.2 Å². The molecule has 7 rings (SSSR count). The third-order valence-electron chi connectivity index (χ3n) is 9.81. The van der Waals surface area contributed by atoms with Gasteiger partial charge in [-0.15, -0.1) is 0 Å². The first-order chi connectivity index (χ1) is 21.7. The van der Waals surface area contributed by atoms with Crippen molar-refractivity contribution in [2.45, 2.75) is 76.6 Å². The van der Waals surface area contributed by atoms with Crippen LogP contribution in [0.3, 0.4) is 0 Å². The van der Waals surface area contributed by atoms with Gasteiger partial charge in [0.2, 0.25) is 5.91 Å². The number of ether oxygens (including phenoxy) is 2.